The molecule has 1 heterocycles. The topological polar surface area (TPSA) is 101 Å². The maximum atomic E-state index is 15.0. The quantitative estimate of drug-likeness (QED) is 0.268. The first-order valence-corrected chi connectivity index (χ1v) is 14.3. The summed E-state index contributed by atoms with van der Waals surface area (Å²) in [5.74, 6) is -3.72. The van der Waals surface area contributed by atoms with Crippen molar-refractivity contribution in [3.05, 3.63) is 94.0 Å². The van der Waals surface area contributed by atoms with Gasteiger partial charge in [-0.3, -0.25) is 14.4 Å². The number of aliphatic hydroxyl groups excluding tert-OH is 1. The van der Waals surface area contributed by atoms with E-state index in [2.05, 4.69) is 12.7 Å². The molecule has 0 amide bonds. The van der Waals surface area contributed by atoms with Crippen LogP contribution in [-0.2, 0) is 19.1 Å². The molecular formula is C35H44O6. The van der Waals surface area contributed by atoms with E-state index in [4.69, 9.17) is 4.74 Å². The number of aliphatic hydroxyl groups is 1. The molecule has 0 saturated carbocycles. The highest BCUT2D eigenvalue weighted by molar-refractivity contribution is 6.13. The number of carboxylic acid groups (broad SMARTS) is 1. The van der Waals surface area contributed by atoms with Crippen molar-refractivity contribution < 1.29 is 29.3 Å². The number of ether oxygens (including phenoxy) is 1. The third-order valence-electron chi connectivity index (χ3n) is 8.39. The molecule has 2 N–H and O–H groups in total. The summed E-state index contributed by atoms with van der Waals surface area (Å²) in [6, 6.07) is 8.84. The van der Waals surface area contributed by atoms with E-state index in [0.29, 0.717) is 18.4 Å². The lowest BCUT2D eigenvalue weighted by Gasteiger charge is -2.45. The van der Waals surface area contributed by atoms with Crippen molar-refractivity contribution in [1.29, 1.82) is 0 Å². The Balaban J connectivity index is 2.41. The van der Waals surface area contributed by atoms with Gasteiger partial charge >= 0.3 is 5.97 Å². The first-order valence-electron chi connectivity index (χ1n) is 14.3. The molecule has 3 rings (SSSR count). The highest BCUT2D eigenvalue weighted by atomic mass is 16.5. The van der Waals surface area contributed by atoms with Gasteiger partial charge in [0.25, 0.3) is 0 Å². The lowest BCUT2D eigenvalue weighted by Crippen LogP contribution is -2.48. The number of carboxylic acids is 1. The number of hydrogen-bond donors (Lipinski definition) is 2. The van der Waals surface area contributed by atoms with E-state index in [1.165, 1.54) is 0 Å². The Morgan fingerprint density at radius 1 is 1.05 bits per heavy atom. The van der Waals surface area contributed by atoms with Crippen LogP contribution in [0.4, 0.5) is 0 Å². The van der Waals surface area contributed by atoms with Crippen molar-refractivity contribution in [3.8, 4) is 0 Å². The molecule has 1 aliphatic heterocycles. The minimum absolute atomic E-state index is 0.00126. The van der Waals surface area contributed by atoms with Gasteiger partial charge in [-0.15, -0.1) is 0 Å². The van der Waals surface area contributed by atoms with Gasteiger partial charge in [0.15, 0.2) is 11.6 Å². The van der Waals surface area contributed by atoms with Gasteiger partial charge in [-0.05, 0) is 72.3 Å². The normalized spacial score (nSPS) is 23.8. The summed E-state index contributed by atoms with van der Waals surface area (Å²) in [4.78, 5) is 41.0. The van der Waals surface area contributed by atoms with E-state index in [0.717, 1.165) is 16.7 Å². The summed E-state index contributed by atoms with van der Waals surface area (Å²) >= 11 is 0. The van der Waals surface area contributed by atoms with Gasteiger partial charge < -0.3 is 14.9 Å². The minimum Gasteiger partial charge on any atom is -0.507 e. The van der Waals surface area contributed by atoms with E-state index < -0.39 is 47.3 Å². The summed E-state index contributed by atoms with van der Waals surface area (Å²) in [5, 5.41) is 21.7. The number of Topliss-reactive ketones (excluding diaryl/α,β-unsaturated/α-hetero) is 2. The summed E-state index contributed by atoms with van der Waals surface area (Å²) in [5.41, 5.74) is 2.23. The molecule has 1 aromatic carbocycles. The molecule has 0 fully saturated rings. The Morgan fingerprint density at radius 3 is 2.20 bits per heavy atom. The van der Waals surface area contributed by atoms with E-state index in [1.54, 1.807) is 44.2 Å². The Labute approximate surface area is 244 Å². The fourth-order valence-corrected chi connectivity index (χ4v) is 5.74. The fraction of sp³-hybridized carbons (Fsp3) is 0.457. The molecule has 0 radical (unpaired) electrons. The highest BCUT2D eigenvalue weighted by Gasteiger charge is 2.56. The van der Waals surface area contributed by atoms with E-state index in [-0.39, 0.29) is 35.0 Å². The highest BCUT2D eigenvalue weighted by Crippen LogP contribution is 2.54. The van der Waals surface area contributed by atoms with Crippen LogP contribution >= 0.6 is 0 Å². The van der Waals surface area contributed by atoms with Gasteiger partial charge in [-0.25, -0.2) is 0 Å². The van der Waals surface area contributed by atoms with E-state index in [9.17, 15) is 19.8 Å². The summed E-state index contributed by atoms with van der Waals surface area (Å²) in [7, 11) is 0. The zero-order chi connectivity index (χ0) is 30.6. The van der Waals surface area contributed by atoms with Crippen LogP contribution in [0.25, 0.3) is 0 Å². The number of ketones is 2. The number of carbonyl (C=O) groups excluding carboxylic acids is 2. The Kier molecular flexibility index (Phi) is 10.0. The van der Waals surface area contributed by atoms with Gasteiger partial charge in [0.05, 0.1) is 23.3 Å². The van der Waals surface area contributed by atoms with Gasteiger partial charge in [0, 0.05) is 11.5 Å². The summed E-state index contributed by atoms with van der Waals surface area (Å²) in [6.45, 7) is 17.6. The van der Waals surface area contributed by atoms with Crippen molar-refractivity contribution in [2.75, 3.05) is 0 Å². The van der Waals surface area contributed by atoms with Gasteiger partial charge in [-0.1, -0.05) is 72.7 Å². The van der Waals surface area contributed by atoms with Crippen molar-refractivity contribution >= 4 is 17.5 Å². The maximum absolute atomic E-state index is 15.0. The molecule has 5 atom stereocenters. The zero-order valence-corrected chi connectivity index (χ0v) is 25.4. The molecule has 0 spiro atoms. The van der Waals surface area contributed by atoms with Crippen LogP contribution in [0.3, 0.4) is 0 Å². The number of carbonyl (C=O) groups is 3. The molecule has 0 aromatic heterocycles. The van der Waals surface area contributed by atoms with Crippen molar-refractivity contribution in [2.24, 2.45) is 17.3 Å². The van der Waals surface area contributed by atoms with Crippen molar-refractivity contribution in [3.63, 3.8) is 0 Å². The van der Waals surface area contributed by atoms with E-state index >= 15 is 4.79 Å². The predicted molar refractivity (Wildman–Crippen MR) is 161 cm³/mol. The Bertz CT molecular complexity index is 1330. The molecule has 220 valence electrons. The van der Waals surface area contributed by atoms with Crippen LogP contribution in [-0.4, -0.2) is 33.9 Å². The van der Waals surface area contributed by atoms with Crippen LogP contribution in [0, 0.1) is 17.3 Å². The second-order valence-corrected chi connectivity index (χ2v) is 12.2. The smallest absolute Gasteiger partial charge is 0.304 e. The average molecular weight is 561 g/mol. The molecule has 1 aromatic rings. The maximum Gasteiger partial charge on any atom is 0.304 e. The standard InChI is InChI=1S/C35H44O6/c1-20(2)14-15-26(22(5)6)19-35(17-16-21(3)4)33(40)29(27(18-28(36)37)25-12-10-9-11-13-25)32(39)30-31(38)23(7)24(8)41-34(30)35/h9-14,16,23-24,26-27,39H,5,15,17-19H2,1-4,6-8H3,(H,36,37)/t23-,24-,26-,27+,35-/m1/s1. The molecule has 0 unspecified atom stereocenters. The van der Waals surface area contributed by atoms with Gasteiger partial charge in [0.1, 0.15) is 17.6 Å². The van der Waals surface area contributed by atoms with Gasteiger partial charge in [0.2, 0.25) is 0 Å². The first kappa shape index (κ1) is 31.9. The van der Waals surface area contributed by atoms with Crippen LogP contribution in [0.15, 0.2) is 88.4 Å². The minimum atomic E-state index is -1.33. The number of aliphatic carboxylic acids is 1. The lowest BCUT2D eigenvalue weighted by atomic mass is 9.61. The van der Waals surface area contributed by atoms with Crippen LogP contribution in [0.1, 0.15) is 85.6 Å². The van der Waals surface area contributed by atoms with Crippen LogP contribution in [0.2, 0.25) is 0 Å². The van der Waals surface area contributed by atoms with Crippen LogP contribution in [0.5, 0.6) is 0 Å². The molecule has 41 heavy (non-hydrogen) atoms. The second kappa shape index (κ2) is 12.9. The number of rotatable bonds is 11. The average Bonchev–Trinajstić information content (AvgIpc) is 2.90. The molecule has 6 nitrogen and oxygen atoms in total. The fourth-order valence-electron chi connectivity index (χ4n) is 5.74. The number of allylic oxidation sites excluding steroid dienone is 8. The summed E-state index contributed by atoms with van der Waals surface area (Å²) < 4.78 is 6.44. The second-order valence-electron chi connectivity index (χ2n) is 12.2. The largest absolute Gasteiger partial charge is 0.507 e. The third-order valence-corrected chi connectivity index (χ3v) is 8.39. The molecule has 2 aliphatic rings. The SMILES string of the molecule is C=C(C)[C@H](CC=C(C)C)C[C@]1(CC=C(C)C)C(=O)C([C@@H](CC(=O)O)c2ccccc2)=C(O)C2=C1O[C@H](C)[C@@H](C)C2=O. The monoisotopic (exact) mass is 560 g/mol. The molecule has 0 bridgehead atoms. The first-order chi connectivity index (χ1) is 19.2. The van der Waals surface area contributed by atoms with Crippen molar-refractivity contribution in [1.82, 2.24) is 0 Å². The Morgan fingerprint density at radius 2 is 1.66 bits per heavy atom. The predicted octanol–water partition coefficient (Wildman–Crippen LogP) is 7.80. The molecular weight excluding hydrogens is 516 g/mol. The van der Waals surface area contributed by atoms with Gasteiger partial charge in [-0.2, -0.15) is 0 Å². The van der Waals surface area contributed by atoms with Crippen molar-refractivity contribution in [2.45, 2.75) is 86.2 Å². The molecule has 6 heteroatoms. The number of hydrogen-bond acceptors (Lipinski definition) is 5. The third kappa shape index (κ3) is 6.64. The van der Waals surface area contributed by atoms with Crippen LogP contribution < -0.4 is 0 Å². The number of benzene rings is 1. The Hall–Kier alpha value is -3.67. The van der Waals surface area contributed by atoms with E-state index in [1.807, 2.05) is 40.7 Å². The lowest BCUT2D eigenvalue weighted by molar-refractivity contribution is -0.137. The molecule has 0 saturated heterocycles. The zero-order valence-electron chi connectivity index (χ0n) is 25.4. The summed E-state index contributed by atoms with van der Waals surface area (Å²) in [6.07, 6.45) is 4.34. The molecule has 1 aliphatic carbocycles.